The first-order valence-electron chi connectivity index (χ1n) is 11.5. The molecule has 2 aromatic rings. The topological polar surface area (TPSA) is 30.7 Å². The van der Waals surface area contributed by atoms with Crippen LogP contribution in [0.5, 0.6) is 0 Å². The maximum absolute atomic E-state index is 14.3. The predicted octanol–water partition coefficient (Wildman–Crippen LogP) is 6.90. The highest BCUT2D eigenvalue weighted by atomic mass is 35.5. The molecular formula is C24H31ClFN3. The van der Waals surface area contributed by atoms with Crippen LogP contribution in [0, 0.1) is 0 Å². The zero-order chi connectivity index (χ0) is 19.8. The van der Waals surface area contributed by atoms with E-state index in [9.17, 15) is 4.39 Å². The molecule has 3 saturated carbocycles. The highest BCUT2D eigenvalue weighted by molar-refractivity contribution is 6.30. The summed E-state index contributed by atoms with van der Waals surface area (Å²) in [7, 11) is 0. The fraction of sp³-hybridized carbons (Fsp3) is 0.667. The molecule has 3 fully saturated rings. The number of rotatable bonds is 4. The molecule has 1 heterocycles. The Kier molecular flexibility index (Phi) is 5.40. The number of aromatic nitrogens is 3. The Morgan fingerprint density at radius 1 is 0.862 bits per heavy atom. The molecule has 0 bridgehead atoms. The summed E-state index contributed by atoms with van der Waals surface area (Å²) in [6.45, 7) is 0. The van der Waals surface area contributed by atoms with E-state index in [1.54, 1.807) is 0 Å². The van der Waals surface area contributed by atoms with Crippen molar-refractivity contribution >= 4 is 11.6 Å². The van der Waals surface area contributed by atoms with Gasteiger partial charge < -0.3 is 4.57 Å². The molecule has 0 saturated heterocycles. The SMILES string of the molecule is FC1CC(c2ccc(Cl)cc2)(c2nnc(C3CCCCC3)n2C2CCCCC2)C1. The van der Waals surface area contributed by atoms with E-state index < -0.39 is 6.17 Å². The van der Waals surface area contributed by atoms with Gasteiger partial charge in [0.2, 0.25) is 0 Å². The third-order valence-electron chi connectivity index (χ3n) is 7.60. The van der Waals surface area contributed by atoms with Gasteiger partial charge in [0.15, 0.2) is 0 Å². The van der Waals surface area contributed by atoms with E-state index in [4.69, 9.17) is 21.8 Å². The van der Waals surface area contributed by atoms with Crippen molar-refractivity contribution < 1.29 is 4.39 Å². The largest absolute Gasteiger partial charge is 0.311 e. The fourth-order valence-electron chi connectivity index (χ4n) is 5.98. The van der Waals surface area contributed by atoms with E-state index in [1.165, 1.54) is 70.0 Å². The van der Waals surface area contributed by atoms with Crippen molar-refractivity contribution in [3.63, 3.8) is 0 Å². The lowest BCUT2D eigenvalue weighted by Crippen LogP contribution is -2.46. The molecule has 1 aromatic carbocycles. The summed E-state index contributed by atoms with van der Waals surface area (Å²) in [4.78, 5) is 0. The minimum atomic E-state index is -0.764. The highest BCUT2D eigenvalue weighted by Crippen LogP contribution is 2.52. The van der Waals surface area contributed by atoms with Crippen LogP contribution in [0.15, 0.2) is 24.3 Å². The van der Waals surface area contributed by atoms with Gasteiger partial charge in [0.25, 0.3) is 0 Å². The molecule has 29 heavy (non-hydrogen) atoms. The van der Waals surface area contributed by atoms with Gasteiger partial charge in [-0.3, -0.25) is 0 Å². The van der Waals surface area contributed by atoms with Crippen LogP contribution in [-0.4, -0.2) is 20.9 Å². The monoisotopic (exact) mass is 415 g/mol. The average Bonchev–Trinajstić information content (AvgIpc) is 3.18. The van der Waals surface area contributed by atoms with Crippen molar-refractivity contribution in [2.24, 2.45) is 0 Å². The number of alkyl halides is 1. The van der Waals surface area contributed by atoms with E-state index in [2.05, 4.69) is 16.7 Å². The van der Waals surface area contributed by atoms with Crippen LogP contribution < -0.4 is 0 Å². The Morgan fingerprint density at radius 2 is 1.48 bits per heavy atom. The lowest BCUT2D eigenvalue weighted by atomic mass is 9.62. The summed E-state index contributed by atoms with van der Waals surface area (Å²) in [6, 6.07) is 8.44. The van der Waals surface area contributed by atoms with Gasteiger partial charge in [-0.2, -0.15) is 0 Å². The Hall–Kier alpha value is -1.42. The normalized spacial score (nSPS) is 29.0. The summed E-state index contributed by atoms with van der Waals surface area (Å²) in [5.41, 5.74) is 0.775. The zero-order valence-electron chi connectivity index (χ0n) is 17.1. The van der Waals surface area contributed by atoms with E-state index in [1.807, 2.05) is 12.1 Å². The Balaban J connectivity index is 1.60. The molecule has 1 aromatic heterocycles. The minimum Gasteiger partial charge on any atom is -0.311 e. The predicted molar refractivity (Wildman–Crippen MR) is 114 cm³/mol. The van der Waals surface area contributed by atoms with Crippen LogP contribution in [0.3, 0.4) is 0 Å². The number of hydrogen-bond donors (Lipinski definition) is 0. The molecule has 0 N–H and O–H groups in total. The minimum absolute atomic E-state index is 0.360. The first-order chi connectivity index (χ1) is 14.2. The second kappa shape index (κ2) is 8.02. The Morgan fingerprint density at radius 3 is 2.10 bits per heavy atom. The molecular weight excluding hydrogens is 385 g/mol. The molecule has 0 aliphatic heterocycles. The van der Waals surface area contributed by atoms with E-state index in [0.29, 0.717) is 24.8 Å². The van der Waals surface area contributed by atoms with Crippen LogP contribution in [0.1, 0.15) is 106 Å². The van der Waals surface area contributed by atoms with Gasteiger partial charge in [0.05, 0.1) is 5.41 Å². The van der Waals surface area contributed by atoms with Crippen molar-refractivity contribution in [1.29, 1.82) is 0 Å². The van der Waals surface area contributed by atoms with E-state index in [0.717, 1.165) is 16.4 Å². The first-order valence-corrected chi connectivity index (χ1v) is 11.9. The van der Waals surface area contributed by atoms with Gasteiger partial charge >= 0.3 is 0 Å². The molecule has 0 atom stereocenters. The standard InChI is InChI=1S/C24H31ClFN3/c25-19-13-11-18(12-14-19)24(15-20(26)16-24)23-28-27-22(17-7-3-1-4-8-17)29(23)21-9-5-2-6-10-21/h11-14,17,20-21H,1-10,15-16H2. The van der Waals surface area contributed by atoms with Crippen molar-refractivity contribution in [2.45, 2.75) is 101 Å². The van der Waals surface area contributed by atoms with E-state index in [-0.39, 0.29) is 5.41 Å². The number of benzene rings is 1. The van der Waals surface area contributed by atoms with Crippen molar-refractivity contribution in [2.75, 3.05) is 0 Å². The second-order valence-corrected chi connectivity index (χ2v) is 9.91. The van der Waals surface area contributed by atoms with Gasteiger partial charge in [-0.1, -0.05) is 62.3 Å². The number of hydrogen-bond acceptors (Lipinski definition) is 2. The highest BCUT2D eigenvalue weighted by Gasteiger charge is 2.51. The molecule has 3 aliphatic rings. The number of halogens is 2. The van der Waals surface area contributed by atoms with Crippen LogP contribution in [0.2, 0.25) is 5.02 Å². The van der Waals surface area contributed by atoms with Crippen LogP contribution in [0.4, 0.5) is 4.39 Å². The van der Waals surface area contributed by atoms with Crippen molar-refractivity contribution in [3.8, 4) is 0 Å². The van der Waals surface area contributed by atoms with Crippen LogP contribution in [0.25, 0.3) is 0 Å². The average molecular weight is 416 g/mol. The molecule has 3 aliphatic carbocycles. The first kappa shape index (κ1) is 19.5. The van der Waals surface area contributed by atoms with Crippen molar-refractivity contribution in [3.05, 3.63) is 46.5 Å². The van der Waals surface area contributed by atoms with Gasteiger partial charge in [-0.05, 0) is 56.2 Å². The number of nitrogens with zero attached hydrogens (tertiary/aromatic N) is 3. The van der Waals surface area contributed by atoms with Crippen LogP contribution >= 0.6 is 11.6 Å². The quantitative estimate of drug-likeness (QED) is 0.543. The Bertz CT molecular complexity index is 828. The summed E-state index contributed by atoms with van der Waals surface area (Å²) in [5.74, 6) is 2.71. The molecule has 3 nitrogen and oxygen atoms in total. The Labute approximate surface area is 178 Å². The van der Waals surface area contributed by atoms with E-state index >= 15 is 0 Å². The van der Waals surface area contributed by atoms with Gasteiger partial charge in [-0.15, -0.1) is 10.2 Å². The smallest absolute Gasteiger partial charge is 0.144 e. The third-order valence-corrected chi connectivity index (χ3v) is 7.85. The lowest BCUT2D eigenvalue weighted by molar-refractivity contribution is 0.110. The molecule has 5 heteroatoms. The third kappa shape index (κ3) is 3.52. The summed E-state index contributed by atoms with van der Waals surface area (Å²) < 4.78 is 16.8. The molecule has 5 rings (SSSR count). The molecule has 0 spiro atoms. The van der Waals surface area contributed by atoms with Crippen molar-refractivity contribution in [1.82, 2.24) is 14.8 Å². The molecule has 0 radical (unpaired) electrons. The summed E-state index contributed by atoms with van der Waals surface area (Å²) >= 11 is 6.15. The second-order valence-electron chi connectivity index (χ2n) is 9.47. The molecule has 0 amide bonds. The molecule has 156 valence electrons. The van der Waals surface area contributed by atoms with Crippen LogP contribution in [-0.2, 0) is 5.41 Å². The van der Waals surface area contributed by atoms with Gasteiger partial charge in [0, 0.05) is 17.0 Å². The zero-order valence-corrected chi connectivity index (χ0v) is 17.9. The summed E-state index contributed by atoms with van der Waals surface area (Å²) in [6.07, 6.45) is 12.8. The fourth-order valence-corrected chi connectivity index (χ4v) is 6.11. The molecule has 0 unspecified atom stereocenters. The maximum atomic E-state index is 14.3. The summed E-state index contributed by atoms with van der Waals surface area (Å²) in [5, 5.41) is 10.3. The lowest BCUT2D eigenvalue weighted by Gasteiger charge is -2.45. The van der Waals surface area contributed by atoms with Gasteiger partial charge in [-0.25, -0.2) is 4.39 Å². The maximum Gasteiger partial charge on any atom is 0.144 e. The van der Waals surface area contributed by atoms with Gasteiger partial charge in [0.1, 0.15) is 17.8 Å².